The van der Waals surface area contributed by atoms with Gasteiger partial charge in [-0.2, -0.15) is 0 Å². The van der Waals surface area contributed by atoms with Gasteiger partial charge in [-0.3, -0.25) is 14.4 Å². The van der Waals surface area contributed by atoms with Crippen LogP contribution in [0.25, 0.3) is 0 Å². The Balaban J connectivity index is 1.79. The Kier molecular flexibility index (Phi) is 8.11. The van der Waals surface area contributed by atoms with E-state index in [1.54, 1.807) is 13.8 Å². The summed E-state index contributed by atoms with van der Waals surface area (Å²) in [5.74, 6) is -4.72. The van der Waals surface area contributed by atoms with Crippen molar-refractivity contribution < 1.29 is 66.3 Å². The van der Waals surface area contributed by atoms with Gasteiger partial charge in [-0.05, 0) is 39.3 Å². The van der Waals surface area contributed by atoms with Gasteiger partial charge in [0.25, 0.3) is 0 Å². The van der Waals surface area contributed by atoms with Crippen molar-refractivity contribution in [3.63, 3.8) is 0 Å². The first-order valence-electron chi connectivity index (χ1n) is 14.4. The van der Waals surface area contributed by atoms with Crippen LogP contribution in [0.15, 0.2) is 46.0 Å². The predicted octanol–water partition coefficient (Wildman–Crippen LogP) is 2.76. The van der Waals surface area contributed by atoms with E-state index in [1.807, 2.05) is 0 Å². The second-order valence-corrected chi connectivity index (χ2v) is 12.5. The van der Waals surface area contributed by atoms with Crippen LogP contribution in [0.3, 0.4) is 0 Å². The fraction of sp³-hybridized carbons (Fsp3) is 0.581. The maximum Gasteiger partial charge on any atom is 0.341 e. The molecule has 0 aromatic carbocycles. The van der Waals surface area contributed by atoms with E-state index in [0.717, 1.165) is 20.8 Å². The van der Waals surface area contributed by atoms with Crippen LogP contribution in [0.5, 0.6) is 0 Å². The molecule has 2 saturated carbocycles. The third-order valence-electron chi connectivity index (χ3n) is 9.18. The Morgan fingerprint density at radius 2 is 1.40 bits per heavy atom. The molecule has 3 fully saturated rings. The van der Waals surface area contributed by atoms with E-state index in [0.29, 0.717) is 0 Å². The molecule has 2 aromatic heterocycles. The van der Waals surface area contributed by atoms with Gasteiger partial charge in [-0.1, -0.05) is 0 Å². The highest BCUT2D eigenvalue weighted by Crippen LogP contribution is 2.69. The number of carbonyl (C=O) groups is 5. The number of rotatable bonds is 8. The molecule has 14 heteroatoms. The lowest BCUT2D eigenvalue weighted by Crippen LogP contribution is -2.83. The zero-order chi connectivity index (χ0) is 32.9. The van der Waals surface area contributed by atoms with Crippen LogP contribution in [-0.2, 0) is 42.8 Å². The summed E-state index contributed by atoms with van der Waals surface area (Å²) in [5.41, 5.74) is -7.20. The summed E-state index contributed by atoms with van der Waals surface area (Å²) in [4.78, 5) is 64.5. The zero-order valence-corrected chi connectivity index (χ0v) is 25.7. The van der Waals surface area contributed by atoms with Gasteiger partial charge >= 0.3 is 29.8 Å². The molecule has 1 spiro atoms. The molecule has 1 aliphatic heterocycles. The molecule has 2 aromatic rings. The third-order valence-corrected chi connectivity index (χ3v) is 9.18. The second-order valence-electron chi connectivity index (χ2n) is 12.5. The molecule has 5 rings (SSSR count). The number of hydrogen-bond donors (Lipinski definition) is 1. The summed E-state index contributed by atoms with van der Waals surface area (Å²) >= 11 is 0. The molecule has 8 atom stereocenters. The standard InChI is InChI=1S/C31H36O14/c1-16(32)40-15-30-23(43-26(35)19-7-9-38-13-19)11-21-24(44-27(36)20-8-10-39-14-20)31(30,45-28(21,4)5)29(6,37)12-22(41-17(2)33)25(30)42-18(3)34/h7-10,13-14,21-25,37H,11-12,15H2,1-6H3/t21-,22+,23+,24-,25+,29+,30-,31+/m1/s1. The molecule has 45 heavy (non-hydrogen) atoms. The van der Waals surface area contributed by atoms with Crippen molar-refractivity contribution in [3.05, 3.63) is 48.3 Å². The molecule has 1 N–H and O–H groups in total. The van der Waals surface area contributed by atoms with E-state index in [9.17, 15) is 29.1 Å². The van der Waals surface area contributed by atoms with Crippen LogP contribution in [-0.4, -0.2) is 82.8 Å². The number of furan rings is 2. The summed E-state index contributed by atoms with van der Waals surface area (Å²) in [7, 11) is 0. The van der Waals surface area contributed by atoms with Gasteiger partial charge in [-0.15, -0.1) is 0 Å². The molecular formula is C31H36O14. The molecule has 14 nitrogen and oxygen atoms in total. The summed E-state index contributed by atoms with van der Waals surface area (Å²) in [5, 5.41) is 12.5. The fourth-order valence-corrected chi connectivity index (χ4v) is 7.58. The molecule has 0 amide bonds. The lowest BCUT2D eigenvalue weighted by atomic mass is 9.46. The molecule has 244 valence electrons. The van der Waals surface area contributed by atoms with Gasteiger partial charge in [0, 0.05) is 33.1 Å². The largest absolute Gasteiger partial charge is 0.472 e. The number of ether oxygens (including phenoxy) is 6. The lowest BCUT2D eigenvalue weighted by molar-refractivity contribution is -0.354. The number of carbonyl (C=O) groups excluding carboxylic acids is 5. The molecule has 2 aliphatic carbocycles. The maximum absolute atomic E-state index is 13.5. The molecule has 0 radical (unpaired) electrons. The summed E-state index contributed by atoms with van der Waals surface area (Å²) in [6.45, 7) is 7.57. The molecule has 3 aliphatic rings. The Labute approximate surface area is 258 Å². The van der Waals surface area contributed by atoms with Crippen molar-refractivity contribution in [2.45, 2.75) is 95.6 Å². The summed E-state index contributed by atoms with van der Waals surface area (Å²) in [6, 6.07) is 2.78. The van der Waals surface area contributed by atoms with E-state index in [2.05, 4.69) is 0 Å². The van der Waals surface area contributed by atoms with Crippen LogP contribution >= 0.6 is 0 Å². The van der Waals surface area contributed by atoms with Crippen molar-refractivity contribution in [2.75, 3.05) is 6.61 Å². The highest BCUT2D eigenvalue weighted by molar-refractivity contribution is 5.89. The van der Waals surface area contributed by atoms with E-state index >= 15 is 0 Å². The Hall–Kier alpha value is -4.17. The molecule has 2 bridgehead atoms. The van der Waals surface area contributed by atoms with Crippen molar-refractivity contribution >= 4 is 29.8 Å². The molecule has 0 unspecified atom stereocenters. The predicted molar refractivity (Wildman–Crippen MR) is 147 cm³/mol. The highest BCUT2D eigenvalue weighted by Gasteiger charge is 2.86. The van der Waals surface area contributed by atoms with Gasteiger partial charge in [0.2, 0.25) is 0 Å². The molecule has 3 heterocycles. The van der Waals surface area contributed by atoms with Gasteiger partial charge in [-0.25, -0.2) is 9.59 Å². The van der Waals surface area contributed by atoms with Gasteiger partial charge in [0.1, 0.15) is 42.9 Å². The van der Waals surface area contributed by atoms with Crippen LogP contribution in [0.2, 0.25) is 0 Å². The minimum absolute atomic E-state index is 0.0517. The van der Waals surface area contributed by atoms with E-state index in [1.165, 1.54) is 44.1 Å². The first-order chi connectivity index (χ1) is 21.1. The van der Waals surface area contributed by atoms with Crippen molar-refractivity contribution in [1.29, 1.82) is 0 Å². The summed E-state index contributed by atoms with van der Waals surface area (Å²) < 4.78 is 46.4. The van der Waals surface area contributed by atoms with Crippen molar-refractivity contribution in [3.8, 4) is 0 Å². The van der Waals surface area contributed by atoms with Crippen LogP contribution < -0.4 is 0 Å². The normalized spacial score (nSPS) is 34.6. The van der Waals surface area contributed by atoms with Gasteiger partial charge in [0.15, 0.2) is 11.7 Å². The SMILES string of the molecule is CC(=O)OC[C@]12[C@@H](OC(=O)c3ccoc3)C[C@@H]3[C@@H](OC(=O)c4ccoc4)[C@]1(OC3(C)C)[C@@](C)(O)C[C@H](OC(C)=O)[C@@H]2OC(C)=O. The smallest absolute Gasteiger partial charge is 0.341 e. The monoisotopic (exact) mass is 632 g/mol. The average Bonchev–Trinajstić information content (AvgIpc) is 3.68. The Morgan fingerprint density at radius 3 is 1.91 bits per heavy atom. The Bertz CT molecular complexity index is 1460. The number of fused-ring (bicyclic) bond motifs is 1. The van der Waals surface area contributed by atoms with Crippen molar-refractivity contribution in [1.82, 2.24) is 0 Å². The second kappa shape index (κ2) is 11.3. The zero-order valence-electron chi connectivity index (χ0n) is 25.7. The number of aliphatic hydroxyl groups is 1. The number of hydrogen-bond acceptors (Lipinski definition) is 14. The van der Waals surface area contributed by atoms with Crippen LogP contribution in [0.1, 0.15) is 75.1 Å². The van der Waals surface area contributed by atoms with Crippen LogP contribution in [0.4, 0.5) is 0 Å². The molecular weight excluding hydrogens is 596 g/mol. The van der Waals surface area contributed by atoms with Crippen LogP contribution in [0, 0.1) is 11.3 Å². The third kappa shape index (κ3) is 5.19. The molecule has 1 saturated heterocycles. The first-order valence-corrected chi connectivity index (χ1v) is 14.4. The fourth-order valence-electron chi connectivity index (χ4n) is 7.58. The average molecular weight is 633 g/mol. The van der Waals surface area contributed by atoms with Gasteiger partial charge < -0.3 is 42.4 Å². The minimum atomic E-state index is -2.08. The topological polar surface area (TPSA) is 187 Å². The Morgan fingerprint density at radius 1 is 0.822 bits per heavy atom. The van der Waals surface area contributed by atoms with Crippen molar-refractivity contribution in [2.24, 2.45) is 11.3 Å². The number of esters is 5. The lowest BCUT2D eigenvalue weighted by Gasteiger charge is -2.65. The highest BCUT2D eigenvalue weighted by atomic mass is 16.6. The minimum Gasteiger partial charge on any atom is -0.472 e. The quantitative estimate of drug-likeness (QED) is 0.330. The summed E-state index contributed by atoms with van der Waals surface area (Å²) in [6.07, 6.45) is -1.01. The maximum atomic E-state index is 13.5. The van der Waals surface area contributed by atoms with E-state index < -0.39 is 89.0 Å². The van der Waals surface area contributed by atoms with E-state index in [-0.39, 0.29) is 24.0 Å². The van der Waals surface area contributed by atoms with Gasteiger partial charge in [0.05, 0.1) is 34.9 Å². The first kappa shape index (κ1) is 32.2. The van der Waals surface area contributed by atoms with E-state index in [4.69, 9.17) is 37.3 Å².